The molecule has 0 aromatic carbocycles. The van der Waals surface area contributed by atoms with Crippen molar-refractivity contribution in [3.05, 3.63) is 0 Å². The SMILES string of the molecule is CCCNCCNC(=O)[C@@H]1CCCN1C(N)=O.Cl. The van der Waals surface area contributed by atoms with Crippen LogP contribution >= 0.6 is 12.4 Å². The zero-order valence-electron chi connectivity index (χ0n) is 10.8. The number of primary amides is 1. The highest BCUT2D eigenvalue weighted by Gasteiger charge is 2.32. The second-order valence-corrected chi connectivity index (χ2v) is 4.23. The number of nitrogens with one attached hydrogen (secondary N) is 2. The summed E-state index contributed by atoms with van der Waals surface area (Å²) in [6.45, 7) is 4.97. The van der Waals surface area contributed by atoms with Gasteiger partial charge < -0.3 is 21.3 Å². The lowest BCUT2D eigenvalue weighted by atomic mass is 10.2. The van der Waals surface area contributed by atoms with Crippen molar-refractivity contribution in [3.8, 4) is 0 Å². The van der Waals surface area contributed by atoms with Gasteiger partial charge in [-0.05, 0) is 25.8 Å². The number of hydrogen-bond acceptors (Lipinski definition) is 3. The highest BCUT2D eigenvalue weighted by Crippen LogP contribution is 2.16. The Morgan fingerprint density at radius 1 is 1.33 bits per heavy atom. The van der Waals surface area contributed by atoms with Crippen LogP contribution in [-0.2, 0) is 4.79 Å². The van der Waals surface area contributed by atoms with Gasteiger partial charge in [0.2, 0.25) is 5.91 Å². The van der Waals surface area contributed by atoms with E-state index in [4.69, 9.17) is 5.73 Å². The van der Waals surface area contributed by atoms with Crippen LogP contribution in [0.4, 0.5) is 4.79 Å². The number of halogens is 1. The van der Waals surface area contributed by atoms with E-state index < -0.39 is 6.03 Å². The summed E-state index contributed by atoms with van der Waals surface area (Å²) in [6, 6.07) is -0.884. The average Bonchev–Trinajstić information content (AvgIpc) is 2.77. The first-order valence-electron chi connectivity index (χ1n) is 6.21. The molecule has 0 aliphatic carbocycles. The summed E-state index contributed by atoms with van der Waals surface area (Å²) in [4.78, 5) is 24.3. The van der Waals surface area contributed by atoms with Gasteiger partial charge in [-0.3, -0.25) is 4.79 Å². The number of likely N-dealkylation sites (tertiary alicyclic amines) is 1. The summed E-state index contributed by atoms with van der Waals surface area (Å²) in [6.07, 6.45) is 2.62. The molecule has 0 bridgehead atoms. The van der Waals surface area contributed by atoms with E-state index in [-0.39, 0.29) is 24.4 Å². The third-order valence-corrected chi connectivity index (χ3v) is 2.87. The van der Waals surface area contributed by atoms with Crippen LogP contribution in [0.1, 0.15) is 26.2 Å². The normalized spacial score (nSPS) is 18.3. The Labute approximate surface area is 114 Å². The molecule has 106 valence electrons. The van der Waals surface area contributed by atoms with E-state index in [1.807, 2.05) is 0 Å². The number of nitrogens with two attached hydrogens (primary N) is 1. The Morgan fingerprint density at radius 3 is 2.67 bits per heavy atom. The molecular weight excluding hydrogens is 256 g/mol. The van der Waals surface area contributed by atoms with Gasteiger partial charge in [0.15, 0.2) is 0 Å². The van der Waals surface area contributed by atoms with Crippen LogP contribution in [-0.4, -0.2) is 49.1 Å². The van der Waals surface area contributed by atoms with Crippen molar-refractivity contribution in [2.24, 2.45) is 5.73 Å². The third kappa shape index (κ3) is 5.10. The van der Waals surface area contributed by atoms with Crippen molar-refractivity contribution in [1.82, 2.24) is 15.5 Å². The molecule has 1 aliphatic rings. The molecule has 1 heterocycles. The van der Waals surface area contributed by atoms with Crippen LogP contribution in [0.3, 0.4) is 0 Å². The van der Waals surface area contributed by atoms with E-state index >= 15 is 0 Å². The molecule has 1 fully saturated rings. The number of nitrogens with zero attached hydrogens (tertiary/aromatic N) is 1. The van der Waals surface area contributed by atoms with E-state index in [0.717, 1.165) is 25.9 Å². The van der Waals surface area contributed by atoms with Crippen molar-refractivity contribution < 1.29 is 9.59 Å². The first-order valence-corrected chi connectivity index (χ1v) is 6.21. The summed E-state index contributed by atoms with van der Waals surface area (Å²) in [5, 5.41) is 6.01. The summed E-state index contributed by atoms with van der Waals surface area (Å²) in [7, 11) is 0. The Morgan fingerprint density at radius 2 is 2.06 bits per heavy atom. The topological polar surface area (TPSA) is 87.5 Å². The van der Waals surface area contributed by atoms with Gasteiger partial charge in [-0.2, -0.15) is 0 Å². The number of rotatable bonds is 6. The molecule has 1 atom stereocenters. The highest BCUT2D eigenvalue weighted by atomic mass is 35.5. The Kier molecular flexibility index (Phi) is 8.49. The molecule has 7 heteroatoms. The molecule has 3 amide bonds. The third-order valence-electron chi connectivity index (χ3n) is 2.87. The highest BCUT2D eigenvalue weighted by molar-refractivity contribution is 5.87. The standard InChI is InChI=1S/C11H22N4O2.ClH/c1-2-5-13-6-7-14-10(16)9-4-3-8-15(9)11(12)17;/h9,13H,2-8H2,1H3,(H2,12,17)(H,14,16);1H/t9-;/m0./s1. The van der Waals surface area contributed by atoms with Crippen LogP contribution in [0.15, 0.2) is 0 Å². The van der Waals surface area contributed by atoms with Crippen LogP contribution in [0.5, 0.6) is 0 Å². The quantitative estimate of drug-likeness (QED) is 0.601. The molecule has 4 N–H and O–H groups in total. The summed E-state index contributed by atoms with van der Waals surface area (Å²) >= 11 is 0. The van der Waals surface area contributed by atoms with Gasteiger partial charge in [0, 0.05) is 19.6 Å². The Hall–Kier alpha value is -1.01. The molecule has 0 aromatic rings. The lowest BCUT2D eigenvalue weighted by Gasteiger charge is -2.21. The zero-order chi connectivity index (χ0) is 12.7. The molecule has 0 radical (unpaired) electrons. The van der Waals surface area contributed by atoms with Gasteiger partial charge in [-0.1, -0.05) is 6.92 Å². The van der Waals surface area contributed by atoms with Crippen molar-refractivity contribution in [2.75, 3.05) is 26.2 Å². The first-order chi connectivity index (χ1) is 8.16. The van der Waals surface area contributed by atoms with Crippen LogP contribution < -0.4 is 16.4 Å². The van der Waals surface area contributed by atoms with Crippen LogP contribution in [0.2, 0.25) is 0 Å². The minimum absolute atomic E-state index is 0. The van der Waals surface area contributed by atoms with Gasteiger partial charge in [0.25, 0.3) is 0 Å². The minimum atomic E-state index is -0.508. The molecule has 1 rings (SSSR count). The molecule has 1 aliphatic heterocycles. The van der Waals surface area contributed by atoms with Crippen LogP contribution in [0.25, 0.3) is 0 Å². The Bertz CT molecular complexity index is 276. The Balaban J connectivity index is 0.00000289. The van der Waals surface area contributed by atoms with Gasteiger partial charge >= 0.3 is 6.03 Å². The molecular formula is C11H23ClN4O2. The van der Waals surface area contributed by atoms with Crippen molar-refractivity contribution in [3.63, 3.8) is 0 Å². The molecule has 0 aromatic heterocycles. The van der Waals surface area contributed by atoms with Crippen molar-refractivity contribution >= 4 is 24.3 Å². The van der Waals surface area contributed by atoms with E-state index in [2.05, 4.69) is 17.6 Å². The van der Waals surface area contributed by atoms with E-state index in [1.54, 1.807) is 0 Å². The smallest absolute Gasteiger partial charge is 0.315 e. The molecule has 6 nitrogen and oxygen atoms in total. The fourth-order valence-corrected chi connectivity index (χ4v) is 2.00. The van der Waals surface area contributed by atoms with E-state index in [1.165, 1.54) is 4.90 Å². The number of urea groups is 1. The molecule has 18 heavy (non-hydrogen) atoms. The predicted octanol–water partition coefficient (Wildman–Crippen LogP) is 0.0671. The van der Waals surface area contributed by atoms with Gasteiger partial charge in [-0.15, -0.1) is 12.4 Å². The van der Waals surface area contributed by atoms with Gasteiger partial charge in [0.05, 0.1) is 0 Å². The van der Waals surface area contributed by atoms with Crippen LogP contribution in [0, 0.1) is 0 Å². The maximum Gasteiger partial charge on any atom is 0.315 e. The van der Waals surface area contributed by atoms with Crippen molar-refractivity contribution in [1.29, 1.82) is 0 Å². The van der Waals surface area contributed by atoms with E-state index in [0.29, 0.717) is 19.5 Å². The molecule has 0 unspecified atom stereocenters. The van der Waals surface area contributed by atoms with Gasteiger partial charge in [0.1, 0.15) is 6.04 Å². The summed E-state index contributed by atoms with van der Waals surface area (Å²) in [5.74, 6) is -0.0976. The fraction of sp³-hybridized carbons (Fsp3) is 0.818. The van der Waals surface area contributed by atoms with E-state index in [9.17, 15) is 9.59 Å². The fourth-order valence-electron chi connectivity index (χ4n) is 2.00. The summed E-state index contributed by atoms with van der Waals surface area (Å²) < 4.78 is 0. The largest absolute Gasteiger partial charge is 0.353 e. The number of amides is 3. The monoisotopic (exact) mass is 278 g/mol. The lowest BCUT2D eigenvalue weighted by Crippen LogP contribution is -2.48. The maximum absolute atomic E-state index is 11.8. The first kappa shape index (κ1) is 17.0. The molecule has 0 saturated carbocycles. The molecule has 1 saturated heterocycles. The second kappa shape index (κ2) is 8.99. The van der Waals surface area contributed by atoms with Gasteiger partial charge in [-0.25, -0.2) is 4.79 Å². The molecule has 0 spiro atoms. The minimum Gasteiger partial charge on any atom is -0.353 e. The summed E-state index contributed by atoms with van der Waals surface area (Å²) in [5.41, 5.74) is 5.21. The predicted molar refractivity (Wildman–Crippen MR) is 72.7 cm³/mol. The zero-order valence-corrected chi connectivity index (χ0v) is 11.6. The second-order valence-electron chi connectivity index (χ2n) is 4.23. The number of hydrogen-bond donors (Lipinski definition) is 3. The lowest BCUT2D eigenvalue weighted by molar-refractivity contribution is -0.124. The average molecular weight is 279 g/mol. The number of carbonyl (C=O) groups excluding carboxylic acids is 2. The number of carbonyl (C=O) groups is 2. The van der Waals surface area contributed by atoms with Crippen molar-refractivity contribution in [2.45, 2.75) is 32.2 Å². The maximum atomic E-state index is 11.8.